The summed E-state index contributed by atoms with van der Waals surface area (Å²) >= 11 is 0. The zero-order chi connectivity index (χ0) is 12.0. The number of halogens is 1. The molecule has 102 valence electrons. The maximum absolute atomic E-state index is 11.6. The lowest BCUT2D eigenvalue weighted by atomic mass is 10.00. The van der Waals surface area contributed by atoms with Gasteiger partial charge in [0.15, 0.2) is 0 Å². The Morgan fingerprint density at radius 1 is 1.35 bits per heavy atom. The van der Waals surface area contributed by atoms with E-state index in [4.69, 9.17) is 5.73 Å². The molecule has 1 saturated carbocycles. The van der Waals surface area contributed by atoms with Crippen LogP contribution in [0, 0.1) is 5.92 Å². The van der Waals surface area contributed by atoms with Gasteiger partial charge in [0.2, 0.25) is 5.91 Å². The van der Waals surface area contributed by atoms with Crippen LogP contribution in [0.25, 0.3) is 0 Å². The molecule has 0 aromatic rings. The van der Waals surface area contributed by atoms with Gasteiger partial charge in [-0.1, -0.05) is 25.7 Å². The van der Waals surface area contributed by atoms with E-state index in [0.29, 0.717) is 13.0 Å². The smallest absolute Gasteiger partial charge is 0.220 e. The Morgan fingerprint density at radius 3 is 2.47 bits per heavy atom. The maximum atomic E-state index is 11.6. The Morgan fingerprint density at radius 2 is 1.94 bits per heavy atom. The van der Waals surface area contributed by atoms with Crippen LogP contribution in [0.3, 0.4) is 0 Å². The molecule has 4 heteroatoms. The number of rotatable bonds is 6. The van der Waals surface area contributed by atoms with Gasteiger partial charge in [-0.3, -0.25) is 4.79 Å². The Bertz CT molecular complexity index is 225. The number of amides is 1. The zero-order valence-electron chi connectivity index (χ0n) is 11.1. The first kappa shape index (κ1) is 16.7. The average Bonchev–Trinajstić information content (AvgIpc) is 2.70. The predicted molar refractivity (Wildman–Crippen MR) is 74.3 cm³/mol. The minimum atomic E-state index is -0.259. The molecule has 1 aliphatic rings. The van der Waals surface area contributed by atoms with Crippen LogP contribution < -0.4 is 11.1 Å². The first-order chi connectivity index (χ1) is 7.53. The van der Waals surface area contributed by atoms with Gasteiger partial charge in [0, 0.05) is 18.5 Å². The monoisotopic (exact) mass is 262 g/mol. The number of carbonyl (C=O) groups excluding carboxylic acids is 1. The molecule has 1 rings (SSSR count). The van der Waals surface area contributed by atoms with E-state index in [0.717, 1.165) is 12.3 Å². The fourth-order valence-electron chi connectivity index (χ4n) is 2.34. The minimum Gasteiger partial charge on any atom is -0.350 e. The molecule has 0 aliphatic heterocycles. The van der Waals surface area contributed by atoms with E-state index in [1.807, 2.05) is 13.8 Å². The van der Waals surface area contributed by atoms with Crippen LogP contribution in [0.2, 0.25) is 0 Å². The predicted octanol–water partition coefficient (Wildman–Crippen LogP) is 2.62. The van der Waals surface area contributed by atoms with Crippen molar-refractivity contribution in [3.8, 4) is 0 Å². The maximum Gasteiger partial charge on any atom is 0.220 e. The van der Waals surface area contributed by atoms with Crippen molar-refractivity contribution in [2.45, 2.75) is 64.3 Å². The van der Waals surface area contributed by atoms with Crippen LogP contribution in [0.5, 0.6) is 0 Å². The molecule has 3 N–H and O–H groups in total. The van der Waals surface area contributed by atoms with Crippen molar-refractivity contribution in [2.75, 3.05) is 6.54 Å². The van der Waals surface area contributed by atoms with E-state index in [1.165, 1.54) is 32.1 Å². The fraction of sp³-hybridized carbons (Fsp3) is 0.923. The first-order valence-corrected chi connectivity index (χ1v) is 6.54. The summed E-state index contributed by atoms with van der Waals surface area (Å²) in [4.78, 5) is 11.6. The molecule has 1 aliphatic carbocycles. The van der Waals surface area contributed by atoms with Crippen molar-refractivity contribution < 1.29 is 4.79 Å². The number of carbonyl (C=O) groups is 1. The Labute approximate surface area is 111 Å². The summed E-state index contributed by atoms with van der Waals surface area (Å²) in [5, 5.41) is 2.97. The quantitative estimate of drug-likeness (QED) is 0.773. The molecular weight excluding hydrogens is 236 g/mol. The lowest BCUT2D eigenvalue weighted by Crippen LogP contribution is -2.48. The van der Waals surface area contributed by atoms with E-state index in [1.54, 1.807) is 0 Å². The minimum absolute atomic E-state index is 0. The van der Waals surface area contributed by atoms with Gasteiger partial charge in [-0.2, -0.15) is 0 Å². The van der Waals surface area contributed by atoms with Gasteiger partial charge in [-0.25, -0.2) is 0 Å². The molecule has 0 saturated heterocycles. The summed E-state index contributed by atoms with van der Waals surface area (Å²) < 4.78 is 0. The third-order valence-corrected chi connectivity index (χ3v) is 3.48. The Kier molecular flexibility index (Phi) is 7.80. The highest BCUT2D eigenvalue weighted by Crippen LogP contribution is 2.28. The highest BCUT2D eigenvalue weighted by Gasteiger charge is 2.19. The summed E-state index contributed by atoms with van der Waals surface area (Å²) in [5.74, 6) is 1.03. The second kappa shape index (κ2) is 7.93. The van der Waals surface area contributed by atoms with Crippen molar-refractivity contribution in [1.29, 1.82) is 0 Å². The molecular formula is C13H27ClN2O. The number of hydrogen-bond donors (Lipinski definition) is 2. The summed E-state index contributed by atoms with van der Waals surface area (Å²) in [6, 6.07) is 0. The van der Waals surface area contributed by atoms with E-state index < -0.39 is 0 Å². The lowest BCUT2D eigenvalue weighted by Gasteiger charge is -2.24. The van der Waals surface area contributed by atoms with Crippen LogP contribution in [-0.4, -0.2) is 18.0 Å². The third kappa shape index (κ3) is 6.89. The fourth-order valence-corrected chi connectivity index (χ4v) is 2.34. The molecule has 0 spiro atoms. The second-order valence-electron chi connectivity index (χ2n) is 5.68. The molecule has 17 heavy (non-hydrogen) atoms. The van der Waals surface area contributed by atoms with E-state index in [-0.39, 0.29) is 23.9 Å². The van der Waals surface area contributed by atoms with Crippen LogP contribution in [0.1, 0.15) is 58.8 Å². The van der Waals surface area contributed by atoms with Crippen LogP contribution in [0.4, 0.5) is 0 Å². The summed E-state index contributed by atoms with van der Waals surface area (Å²) in [6.45, 7) is 4.41. The van der Waals surface area contributed by atoms with Gasteiger partial charge in [-0.05, 0) is 32.6 Å². The zero-order valence-corrected chi connectivity index (χ0v) is 11.9. The molecule has 0 unspecified atom stereocenters. The number of hydrogen-bond acceptors (Lipinski definition) is 2. The summed E-state index contributed by atoms with van der Waals surface area (Å²) in [6.07, 6.45) is 8.41. The van der Waals surface area contributed by atoms with Gasteiger partial charge in [0.05, 0.1) is 0 Å². The van der Waals surface area contributed by atoms with Crippen molar-refractivity contribution >= 4 is 18.3 Å². The van der Waals surface area contributed by atoms with Crippen molar-refractivity contribution in [2.24, 2.45) is 11.7 Å². The highest BCUT2D eigenvalue weighted by atomic mass is 35.5. The van der Waals surface area contributed by atoms with Gasteiger partial charge < -0.3 is 11.1 Å². The van der Waals surface area contributed by atoms with Crippen LogP contribution >= 0.6 is 12.4 Å². The van der Waals surface area contributed by atoms with Gasteiger partial charge in [-0.15, -0.1) is 12.4 Å². The first-order valence-electron chi connectivity index (χ1n) is 6.54. The number of nitrogens with two attached hydrogens (primary N) is 1. The summed E-state index contributed by atoms with van der Waals surface area (Å²) in [7, 11) is 0. The van der Waals surface area contributed by atoms with Crippen LogP contribution in [-0.2, 0) is 4.79 Å². The highest BCUT2D eigenvalue weighted by molar-refractivity contribution is 5.85. The van der Waals surface area contributed by atoms with Gasteiger partial charge >= 0.3 is 0 Å². The van der Waals surface area contributed by atoms with Gasteiger partial charge in [0.25, 0.3) is 0 Å². The molecule has 0 radical (unpaired) electrons. The van der Waals surface area contributed by atoms with E-state index in [2.05, 4.69) is 5.32 Å². The van der Waals surface area contributed by atoms with Crippen molar-refractivity contribution in [3.05, 3.63) is 0 Å². The topological polar surface area (TPSA) is 55.1 Å². The molecule has 0 bridgehead atoms. The Balaban J connectivity index is 0.00000256. The molecule has 0 aromatic heterocycles. The molecule has 0 aromatic carbocycles. The summed E-state index contributed by atoms with van der Waals surface area (Å²) in [5.41, 5.74) is 5.31. The molecule has 3 nitrogen and oxygen atoms in total. The molecule has 0 atom stereocenters. The average molecular weight is 263 g/mol. The van der Waals surface area contributed by atoms with E-state index in [9.17, 15) is 4.79 Å². The third-order valence-electron chi connectivity index (χ3n) is 3.48. The SMILES string of the molecule is CC(C)(CN)NC(=O)CCCC1CCCC1.Cl. The van der Waals surface area contributed by atoms with Gasteiger partial charge in [0.1, 0.15) is 0 Å². The normalized spacial score (nSPS) is 16.6. The molecule has 1 amide bonds. The standard InChI is InChI=1S/C13H26N2O.ClH/c1-13(2,10-14)15-12(16)9-5-8-11-6-3-4-7-11;/h11H,3-10,14H2,1-2H3,(H,15,16);1H. The molecule has 0 heterocycles. The number of nitrogens with one attached hydrogen (secondary N) is 1. The molecule has 1 fully saturated rings. The van der Waals surface area contributed by atoms with Crippen LogP contribution in [0.15, 0.2) is 0 Å². The van der Waals surface area contributed by atoms with Crippen molar-refractivity contribution in [3.63, 3.8) is 0 Å². The Hall–Kier alpha value is -0.280. The largest absolute Gasteiger partial charge is 0.350 e. The van der Waals surface area contributed by atoms with Crippen molar-refractivity contribution in [1.82, 2.24) is 5.32 Å². The van der Waals surface area contributed by atoms with E-state index >= 15 is 0 Å². The second-order valence-corrected chi connectivity index (χ2v) is 5.68. The lowest BCUT2D eigenvalue weighted by molar-refractivity contribution is -0.122.